The summed E-state index contributed by atoms with van der Waals surface area (Å²) in [5.74, 6) is 1.54. The van der Waals surface area contributed by atoms with Crippen LogP contribution in [0, 0.1) is 0 Å². The van der Waals surface area contributed by atoms with Gasteiger partial charge in [-0.2, -0.15) is 0 Å². The minimum atomic E-state index is 0.206. The van der Waals surface area contributed by atoms with E-state index in [1.807, 2.05) is 25.1 Å². The van der Waals surface area contributed by atoms with Gasteiger partial charge in [-0.3, -0.25) is 0 Å². The second-order valence-electron chi connectivity index (χ2n) is 4.72. The Morgan fingerprint density at radius 2 is 2.16 bits per heavy atom. The summed E-state index contributed by atoms with van der Waals surface area (Å²) in [6.07, 6.45) is 3.66. The van der Waals surface area contributed by atoms with Gasteiger partial charge in [0.05, 0.1) is 12.7 Å². The van der Waals surface area contributed by atoms with Gasteiger partial charge in [0, 0.05) is 13.2 Å². The molecule has 1 unspecified atom stereocenters. The highest BCUT2D eigenvalue weighted by molar-refractivity contribution is 5.43. The Labute approximate surface area is 114 Å². The molecule has 106 valence electrons. The number of nitrogens with two attached hydrogens (primary N) is 1. The van der Waals surface area contributed by atoms with Crippen LogP contribution in [-0.2, 0) is 11.3 Å². The predicted octanol–water partition coefficient (Wildman–Crippen LogP) is 2.49. The first-order chi connectivity index (χ1) is 9.33. The fourth-order valence-electron chi connectivity index (χ4n) is 2.19. The van der Waals surface area contributed by atoms with Crippen LogP contribution in [0.15, 0.2) is 18.2 Å². The lowest BCUT2D eigenvalue weighted by atomic mass is 10.1. The Hall–Kier alpha value is -1.26. The smallest absolute Gasteiger partial charge is 0.161 e. The molecule has 1 aromatic carbocycles. The molecular formula is C15H23NO3. The normalized spacial score (nSPS) is 19.2. The third kappa shape index (κ3) is 4.11. The quantitative estimate of drug-likeness (QED) is 0.858. The number of ether oxygens (including phenoxy) is 3. The van der Waals surface area contributed by atoms with Crippen LogP contribution in [0.25, 0.3) is 0 Å². The molecule has 1 aliphatic heterocycles. The van der Waals surface area contributed by atoms with E-state index in [-0.39, 0.29) is 6.10 Å². The van der Waals surface area contributed by atoms with Crippen LogP contribution in [0.3, 0.4) is 0 Å². The lowest BCUT2D eigenvalue weighted by Crippen LogP contribution is -2.25. The summed E-state index contributed by atoms with van der Waals surface area (Å²) in [5, 5.41) is 0. The van der Waals surface area contributed by atoms with Crippen molar-refractivity contribution in [1.82, 2.24) is 0 Å². The van der Waals surface area contributed by atoms with Crippen LogP contribution in [0.1, 0.15) is 31.7 Å². The molecule has 1 heterocycles. The third-order valence-electron chi connectivity index (χ3n) is 3.24. The van der Waals surface area contributed by atoms with Gasteiger partial charge in [0.1, 0.15) is 6.61 Å². The summed E-state index contributed by atoms with van der Waals surface area (Å²) >= 11 is 0. The van der Waals surface area contributed by atoms with Crippen molar-refractivity contribution in [2.24, 2.45) is 5.73 Å². The average Bonchev–Trinajstić information content (AvgIpc) is 2.47. The molecule has 2 rings (SSSR count). The molecule has 0 radical (unpaired) electrons. The van der Waals surface area contributed by atoms with E-state index in [1.54, 1.807) is 0 Å². The molecule has 1 saturated heterocycles. The molecule has 0 saturated carbocycles. The molecule has 0 amide bonds. The first kappa shape index (κ1) is 14.2. The van der Waals surface area contributed by atoms with Crippen molar-refractivity contribution in [3.63, 3.8) is 0 Å². The van der Waals surface area contributed by atoms with Gasteiger partial charge in [0.25, 0.3) is 0 Å². The number of rotatable bonds is 6. The first-order valence-corrected chi connectivity index (χ1v) is 7.03. The molecule has 1 atom stereocenters. The van der Waals surface area contributed by atoms with Crippen molar-refractivity contribution in [2.75, 3.05) is 19.8 Å². The molecular weight excluding hydrogens is 242 g/mol. The number of hydrogen-bond acceptors (Lipinski definition) is 4. The van der Waals surface area contributed by atoms with Gasteiger partial charge in [0.2, 0.25) is 0 Å². The fraction of sp³-hybridized carbons (Fsp3) is 0.600. The van der Waals surface area contributed by atoms with Crippen molar-refractivity contribution in [2.45, 2.75) is 38.8 Å². The van der Waals surface area contributed by atoms with E-state index in [1.165, 1.54) is 6.42 Å². The van der Waals surface area contributed by atoms with Gasteiger partial charge in [0.15, 0.2) is 11.5 Å². The van der Waals surface area contributed by atoms with E-state index < -0.39 is 0 Å². The minimum Gasteiger partial charge on any atom is -0.490 e. The van der Waals surface area contributed by atoms with Gasteiger partial charge < -0.3 is 19.9 Å². The summed E-state index contributed by atoms with van der Waals surface area (Å²) < 4.78 is 17.1. The summed E-state index contributed by atoms with van der Waals surface area (Å²) in [7, 11) is 0. The van der Waals surface area contributed by atoms with Crippen molar-refractivity contribution >= 4 is 0 Å². The van der Waals surface area contributed by atoms with E-state index in [4.69, 9.17) is 19.9 Å². The average molecular weight is 265 g/mol. The minimum absolute atomic E-state index is 0.206. The summed E-state index contributed by atoms with van der Waals surface area (Å²) in [5.41, 5.74) is 6.69. The molecule has 0 spiro atoms. The van der Waals surface area contributed by atoms with E-state index in [0.29, 0.717) is 19.8 Å². The van der Waals surface area contributed by atoms with Gasteiger partial charge >= 0.3 is 0 Å². The summed E-state index contributed by atoms with van der Waals surface area (Å²) in [6.45, 7) is 4.51. The van der Waals surface area contributed by atoms with Crippen molar-refractivity contribution in [3.05, 3.63) is 23.8 Å². The second-order valence-corrected chi connectivity index (χ2v) is 4.72. The zero-order chi connectivity index (χ0) is 13.5. The topological polar surface area (TPSA) is 53.7 Å². The predicted molar refractivity (Wildman–Crippen MR) is 74.6 cm³/mol. The Balaban J connectivity index is 1.97. The lowest BCUT2D eigenvalue weighted by molar-refractivity contribution is -0.0115. The van der Waals surface area contributed by atoms with Gasteiger partial charge in [-0.05, 0) is 43.9 Å². The summed E-state index contributed by atoms with van der Waals surface area (Å²) in [6, 6.07) is 5.84. The zero-order valence-corrected chi connectivity index (χ0v) is 11.6. The van der Waals surface area contributed by atoms with Crippen LogP contribution in [0.5, 0.6) is 11.5 Å². The van der Waals surface area contributed by atoms with Crippen LogP contribution >= 0.6 is 0 Å². The molecule has 1 fully saturated rings. The fourth-order valence-corrected chi connectivity index (χ4v) is 2.19. The lowest BCUT2D eigenvalue weighted by Gasteiger charge is -2.23. The van der Waals surface area contributed by atoms with Crippen LogP contribution < -0.4 is 15.2 Å². The van der Waals surface area contributed by atoms with Crippen molar-refractivity contribution in [3.8, 4) is 11.5 Å². The molecule has 19 heavy (non-hydrogen) atoms. The number of hydrogen-bond donors (Lipinski definition) is 1. The Bertz CT molecular complexity index is 389. The first-order valence-electron chi connectivity index (χ1n) is 7.03. The van der Waals surface area contributed by atoms with Gasteiger partial charge in [-0.1, -0.05) is 6.07 Å². The Morgan fingerprint density at radius 3 is 2.84 bits per heavy atom. The maximum atomic E-state index is 5.84. The molecule has 2 N–H and O–H groups in total. The maximum Gasteiger partial charge on any atom is 0.161 e. The standard InChI is InChI=1S/C15H23NO3/c1-2-17-15-9-12(10-16)6-7-14(15)19-11-13-5-3-4-8-18-13/h6-7,9,13H,2-5,8,10-11,16H2,1H3. The van der Waals surface area contributed by atoms with Crippen molar-refractivity contribution in [1.29, 1.82) is 0 Å². The SMILES string of the molecule is CCOc1cc(CN)ccc1OCC1CCCCO1. The van der Waals surface area contributed by atoms with Gasteiger partial charge in [-0.25, -0.2) is 0 Å². The van der Waals surface area contributed by atoms with Crippen LogP contribution in [-0.4, -0.2) is 25.9 Å². The molecule has 0 aliphatic carbocycles. The molecule has 1 aromatic rings. The van der Waals surface area contributed by atoms with E-state index in [2.05, 4.69) is 0 Å². The molecule has 0 aromatic heterocycles. The van der Waals surface area contributed by atoms with Crippen molar-refractivity contribution < 1.29 is 14.2 Å². The highest BCUT2D eigenvalue weighted by atomic mass is 16.5. The molecule has 4 nitrogen and oxygen atoms in total. The maximum absolute atomic E-state index is 5.84. The van der Waals surface area contributed by atoms with E-state index in [9.17, 15) is 0 Å². The zero-order valence-electron chi connectivity index (χ0n) is 11.6. The Morgan fingerprint density at radius 1 is 1.26 bits per heavy atom. The highest BCUT2D eigenvalue weighted by Gasteiger charge is 2.15. The van der Waals surface area contributed by atoms with Crippen LogP contribution in [0.2, 0.25) is 0 Å². The number of benzene rings is 1. The largest absolute Gasteiger partial charge is 0.490 e. The van der Waals surface area contributed by atoms with Gasteiger partial charge in [-0.15, -0.1) is 0 Å². The van der Waals surface area contributed by atoms with E-state index >= 15 is 0 Å². The highest BCUT2D eigenvalue weighted by Crippen LogP contribution is 2.29. The summed E-state index contributed by atoms with van der Waals surface area (Å²) in [4.78, 5) is 0. The van der Waals surface area contributed by atoms with E-state index in [0.717, 1.165) is 36.5 Å². The monoisotopic (exact) mass is 265 g/mol. The molecule has 1 aliphatic rings. The molecule has 4 heteroatoms. The third-order valence-corrected chi connectivity index (χ3v) is 3.24. The second kappa shape index (κ2) is 7.36. The Kier molecular flexibility index (Phi) is 5.48. The molecule has 0 bridgehead atoms. The van der Waals surface area contributed by atoms with Crippen LogP contribution in [0.4, 0.5) is 0 Å².